The molecular weight excluding hydrogens is 266 g/mol. The number of hydrogen-bond donors (Lipinski definition) is 2. The molecule has 0 aliphatic carbocycles. The van der Waals surface area contributed by atoms with E-state index in [2.05, 4.69) is 26.1 Å². The number of carbonyl (C=O) groups is 1. The summed E-state index contributed by atoms with van der Waals surface area (Å²) in [4.78, 5) is 11.9. The SMILES string of the molecule is CC(C)(C)C(CCO)NC(=O)CSc1cccs1. The van der Waals surface area contributed by atoms with E-state index in [1.807, 2.05) is 17.5 Å². The van der Waals surface area contributed by atoms with Crippen LogP contribution in [0.4, 0.5) is 0 Å². The molecule has 1 aromatic rings. The average molecular weight is 287 g/mol. The Morgan fingerprint density at radius 2 is 2.28 bits per heavy atom. The summed E-state index contributed by atoms with van der Waals surface area (Å²) in [5.74, 6) is 0.459. The minimum absolute atomic E-state index is 0.0129. The third-order valence-electron chi connectivity index (χ3n) is 2.64. The lowest BCUT2D eigenvalue weighted by atomic mass is 9.85. The van der Waals surface area contributed by atoms with E-state index in [-0.39, 0.29) is 24.0 Å². The molecular formula is C13H21NO2S2. The molecule has 1 heterocycles. The lowest BCUT2D eigenvalue weighted by Crippen LogP contribution is -2.45. The lowest BCUT2D eigenvalue weighted by Gasteiger charge is -2.31. The third-order valence-corrected chi connectivity index (χ3v) is 4.77. The van der Waals surface area contributed by atoms with Crippen molar-refractivity contribution in [3.05, 3.63) is 17.5 Å². The molecule has 0 aromatic carbocycles. The second-order valence-corrected chi connectivity index (χ2v) is 7.44. The second kappa shape index (κ2) is 7.16. The zero-order valence-electron chi connectivity index (χ0n) is 11.1. The van der Waals surface area contributed by atoms with Gasteiger partial charge in [-0.2, -0.15) is 0 Å². The van der Waals surface area contributed by atoms with E-state index in [1.54, 1.807) is 23.1 Å². The van der Waals surface area contributed by atoms with E-state index in [4.69, 9.17) is 5.11 Å². The molecule has 1 aromatic heterocycles. The summed E-state index contributed by atoms with van der Waals surface area (Å²) in [5, 5.41) is 14.0. The first-order valence-corrected chi connectivity index (χ1v) is 7.86. The van der Waals surface area contributed by atoms with Crippen molar-refractivity contribution in [1.82, 2.24) is 5.32 Å². The summed E-state index contributed by atoms with van der Waals surface area (Å²) in [7, 11) is 0. The summed E-state index contributed by atoms with van der Waals surface area (Å²) in [5.41, 5.74) is -0.0357. The second-order valence-electron chi connectivity index (χ2n) is 5.22. The normalized spacial score (nSPS) is 13.3. The van der Waals surface area contributed by atoms with Crippen molar-refractivity contribution in [2.45, 2.75) is 37.4 Å². The van der Waals surface area contributed by atoms with Crippen LogP contribution in [0.25, 0.3) is 0 Å². The number of amides is 1. The van der Waals surface area contributed by atoms with Gasteiger partial charge in [0.25, 0.3) is 0 Å². The van der Waals surface area contributed by atoms with E-state index in [0.717, 1.165) is 4.21 Å². The maximum Gasteiger partial charge on any atom is 0.230 e. The molecule has 1 unspecified atom stereocenters. The quantitative estimate of drug-likeness (QED) is 0.791. The van der Waals surface area contributed by atoms with E-state index < -0.39 is 0 Å². The smallest absolute Gasteiger partial charge is 0.230 e. The maximum absolute atomic E-state index is 11.9. The molecule has 2 N–H and O–H groups in total. The van der Waals surface area contributed by atoms with Gasteiger partial charge in [0.2, 0.25) is 5.91 Å². The van der Waals surface area contributed by atoms with Gasteiger partial charge in [0, 0.05) is 12.6 Å². The largest absolute Gasteiger partial charge is 0.396 e. The van der Waals surface area contributed by atoms with Gasteiger partial charge in [0.15, 0.2) is 0 Å². The Hall–Kier alpha value is -0.520. The maximum atomic E-state index is 11.9. The first-order chi connectivity index (χ1) is 8.43. The van der Waals surface area contributed by atoms with Gasteiger partial charge < -0.3 is 10.4 Å². The summed E-state index contributed by atoms with van der Waals surface area (Å²) < 4.78 is 1.15. The van der Waals surface area contributed by atoms with Crippen LogP contribution >= 0.6 is 23.1 Å². The Bertz CT molecular complexity index is 358. The van der Waals surface area contributed by atoms with Gasteiger partial charge in [-0.1, -0.05) is 26.8 Å². The van der Waals surface area contributed by atoms with Crippen molar-refractivity contribution in [3.63, 3.8) is 0 Å². The molecule has 0 saturated carbocycles. The minimum Gasteiger partial charge on any atom is -0.396 e. The first-order valence-electron chi connectivity index (χ1n) is 6.00. The van der Waals surface area contributed by atoms with Crippen LogP contribution in [0.5, 0.6) is 0 Å². The van der Waals surface area contributed by atoms with Crippen LogP contribution in [0.1, 0.15) is 27.2 Å². The van der Waals surface area contributed by atoms with Crippen LogP contribution in [0.2, 0.25) is 0 Å². The van der Waals surface area contributed by atoms with Crippen molar-refractivity contribution >= 4 is 29.0 Å². The molecule has 0 spiro atoms. The molecule has 1 atom stereocenters. The highest BCUT2D eigenvalue weighted by Gasteiger charge is 2.25. The van der Waals surface area contributed by atoms with Crippen LogP contribution in [-0.4, -0.2) is 29.4 Å². The van der Waals surface area contributed by atoms with E-state index in [9.17, 15) is 4.79 Å². The van der Waals surface area contributed by atoms with Crippen LogP contribution < -0.4 is 5.32 Å². The number of aliphatic hydroxyl groups excluding tert-OH is 1. The minimum atomic E-state index is -0.0357. The molecule has 0 bridgehead atoms. The number of thiophene rings is 1. The van der Waals surface area contributed by atoms with Crippen molar-refractivity contribution < 1.29 is 9.90 Å². The molecule has 0 aliphatic heterocycles. The number of thioether (sulfide) groups is 1. The Morgan fingerprint density at radius 3 is 2.78 bits per heavy atom. The highest BCUT2D eigenvalue weighted by molar-refractivity contribution is 8.01. The van der Waals surface area contributed by atoms with E-state index in [0.29, 0.717) is 12.2 Å². The molecule has 3 nitrogen and oxygen atoms in total. The average Bonchev–Trinajstić information content (AvgIpc) is 2.77. The fraction of sp³-hybridized carbons (Fsp3) is 0.615. The first kappa shape index (κ1) is 15.5. The van der Waals surface area contributed by atoms with Crippen LogP contribution in [-0.2, 0) is 4.79 Å². The van der Waals surface area contributed by atoms with Gasteiger partial charge in [-0.05, 0) is 23.3 Å². The Kier molecular flexibility index (Phi) is 6.18. The highest BCUT2D eigenvalue weighted by atomic mass is 32.2. The highest BCUT2D eigenvalue weighted by Crippen LogP contribution is 2.24. The molecule has 5 heteroatoms. The van der Waals surface area contributed by atoms with Gasteiger partial charge in [-0.15, -0.1) is 23.1 Å². The molecule has 102 valence electrons. The fourth-order valence-corrected chi connectivity index (χ4v) is 3.16. The summed E-state index contributed by atoms with van der Waals surface area (Å²) in [6, 6.07) is 4.01. The van der Waals surface area contributed by atoms with Crippen molar-refractivity contribution in [2.75, 3.05) is 12.4 Å². The van der Waals surface area contributed by atoms with Gasteiger partial charge in [-0.3, -0.25) is 4.79 Å². The number of nitrogens with one attached hydrogen (secondary N) is 1. The fourth-order valence-electron chi connectivity index (χ4n) is 1.57. The Morgan fingerprint density at radius 1 is 1.56 bits per heavy atom. The number of rotatable bonds is 6. The number of carbonyl (C=O) groups excluding carboxylic acids is 1. The van der Waals surface area contributed by atoms with E-state index >= 15 is 0 Å². The Balaban J connectivity index is 2.41. The van der Waals surface area contributed by atoms with Crippen LogP contribution in [0.15, 0.2) is 21.7 Å². The molecule has 18 heavy (non-hydrogen) atoms. The van der Waals surface area contributed by atoms with Crippen molar-refractivity contribution in [3.8, 4) is 0 Å². The summed E-state index contributed by atoms with van der Waals surface area (Å²) in [6.07, 6.45) is 0.596. The molecule has 0 saturated heterocycles. The number of hydrogen-bond acceptors (Lipinski definition) is 4. The van der Waals surface area contributed by atoms with E-state index in [1.165, 1.54) is 0 Å². The van der Waals surface area contributed by atoms with Crippen LogP contribution in [0, 0.1) is 5.41 Å². The van der Waals surface area contributed by atoms with Gasteiger partial charge in [0.1, 0.15) is 0 Å². The summed E-state index contributed by atoms with van der Waals surface area (Å²) >= 11 is 3.19. The van der Waals surface area contributed by atoms with Crippen LogP contribution in [0.3, 0.4) is 0 Å². The zero-order valence-corrected chi connectivity index (χ0v) is 12.7. The zero-order chi connectivity index (χ0) is 13.6. The molecule has 1 amide bonds. The molecule has 0 radical (unpaired) electrons. The van der Waals surface area contributed by atoms with Gasteiger partial charge >= 0.3 is 0 Å². The standard InChI is InChI=1S/C13H21NO2S2/c1-13(2,3)10(6-7-15)14-11(16)9-18-12-5-4-8-17-12/h4-5,8,10,15H,6-7,9H2,1-3H3,(H,14,16). The van der Waals surface area contributed by atoms with Gasteiger partial charge in [-0.25, -0.2) is 0 Å². The van der Waals surface area contributed by atoms with Gasteiger partial charge in [0.05, 0.1) is 9.96 Å². The topological polar surface area (TPSA) is 49.3 Å². The summed E-state index contributed by atoms with van der Waals surface area (Å²) in [6.45, 7) is 6.31. The monoisotopic (exact) mass is 287 g/mol. The molecule has 1 rings (SSSR count). The Labute approximate surface area is 117 Å². The molecule has 0 fully saturated rings. The number of aliphatic hydroxyl groups is 1. The predicted octanol–water partition coefficient (Wildman–Crippen LogP) is 2.75. The van der Waals surface area contributed by atoms with Crippen molar-refractivity contribution in [2.24, 2.45) is 5.41 Å². The van der Waals surface area contributed by atoms with Crippen molar-refractivity contribution in [1.29, 1.82) is 0 Å². The molecule has 0 aliphatic rings. The third kappa shape index (κ3) is 5.42. The lowest BCUT2D eigenvalue weighted by molar-refractivity contribution is -0.120. The predicted molar refractivity (Wildman–Crippen MR) is 78.1 cm³/mol.